The molecule has 0 aliphatic heterocycles. The van der Waals surface area contributed by atoms with Crippen LogP contribution in [0.4, 0.5) is 5.69 Å². The molecule has 0 fully saturated rings. The van der Waals surface area contributed by atoms with Crippen molar-refractivity contribution in [1.82, 2.24) is 4.57 Å². The summed E-state index contributed by atoms with van der Waals surface area (Å²) in [5.74, 6) is 0.239. The minimum absolute atomic E-state index is 0.00144. The fourth-order valence-electron chi connectivity index (χ4n) is 3.07. The highest BCUT2D eigenvalue weighted by Crippen LogP contribution is 2.23. The van der Waals surface area contributed by atoms with Gasteiger partial charge in [0.2, 0.25) is 0 Å². The molecule has 164 valence electrons. The van der Waals surface area contributed by atoms with Crippen LogP contribution in [-0.4, -0.2) is 35.7 Å². The molecule has 3 rings (SSSR count). The van der Waals surface area contributed by atoms with Crippen LogP contribution in [-0.2, 0) is 11.3 Å². The minimum Gasteiger partial charge on any atom is -0.494 e. The van der Waals surface area contributed by atoms with Gasteiger partial charge in [-0.25, -0.2) is 0 Å². The van der Waals surface area contributed by atoms with Crippen LogP contribution in [0.3, 0.4) is 0 Å². The summed E-state index contributed by atoms with van der Waals surface area (Å²) in [7, 11) is 1.59. The first-order valence-electron chi connectivity index (χ1n) is 10.1. The number of nitro groups is 1. The van der Waals surface area contributed by atoms with Gasteiger partial charge in [0.1, 0.15) is 5.75 Å². The predicted octanol–water partition coefficient (Wildman–Crippen LogP) is 4.57. The molecule has 2 aromatic carbocycles. The second-order valence-corrected chi connectivity index (χ2v) is 7.95. The van der Waals surface area contributed by atoms with Gasteiger partial charge in [-0.05, 0) is 30.7 Å². The quantitative estimate of drug-likeness (QED) is 0.260. The van der Waals surface area contributed by atoms with Gasteiger partial charge in [-0.3, -0.25) is 14.9 Å². The molecule has 0 N–H and O–H groups in total. The van der Waals surface area contributed by atoms with Gasteiger partial charge in [0, 0.05) is 31.4 Å². The van der Waals surface area contributed by atoms with Crippen LogP contribution in [0, 0.1) is 10.1 Å². The minimum atomic E-state index is -0.438. The lowest BCUT2D eigenvalue weighted by Gasteiger charge is -2.06. The van der Waals surface area contributed by atoms with Crippen LogP contribution >= 0.6 is 11.3 Å². The molecule has 9 heteroatoms. The molecular formula is C22H25N3O5S. The van der Waals surface area contributed by atoms with Crippen molar-refractivity contribution in [1.29, 1.82) is 0 Å². The third kappa shape index (κ3) is 5.77. The summed E-state index contributed by atoms with van der Waals surface area (Å²) in [6.45, 7) is 3.63. The van der Waals surface area contributed by atoms with Crippen molar-refractivity contribution in [2.75, 3.05) is 20.3 Å². The Kier molecular flexibility index (Phi) is 7.91. The van der Waals surface area contributed by atoms with Gasteiger partial charge < -0.3 is 14.0 Å². The van der Waals surface area contributed by atoms with E-state index in [2.05, 4.69) is 11.9 Å². The first-order chi connectivity index (χ1) is 15.0. The van der Waals surface area contributed by atoms with Crippen molar-refractivity contribution in [2.45, 2.75) is 32.7 Å². The Morgan fingerprint density at radius 3 is 2.77 bits per heavy atom. The zero-order valence-corrected chi connectivity index (χ0v) is 18.4. The lowest BCUT2D eigenvalue weighted by Crippen LogP contribution is -2.19. The molecule has 8 nitrogen and oxygen atoms in total. The van der Waals surface area contributed by atoms with Crippen molar-refractivity contribution < 1.29 is 19.2 Å². The number of thiazole rings is 1. The summed E-state index contributed by atoms with van der Waals surface area (Å²) in [4.78, 5) is 28.3. The summed E-state index contributed by atoms with van der Waals surface area (Å²) >= 11 is 1.24. The van der Waals surface area contributed by atoms with Gasteiger partial charge in [-0.15, -0.1) is 0 Å². The Balaban J connectivity index is 1.93. The Morgan fingerprint density at radius 2 is 2.03 bits per heavy atom. The smallest absolute Gasteiger partial charge is 0.279 e. The molecule has 0 bridgehead atoms. The average molecular weight is 444 g/mol. The molecule has 0 radical (unpaired) electrons. The first kappa shape index (κ1) is 22.6. The second kappa shape index (κ2) is 10.8. The topological polar surface area (TPSA) is 96.0 Å². The standard InChI is InChI=1S/C22H25N3O5S/c1-3-4-5-12-30-18-8-6-7-16(14-18)21(26)23-22-24(11-13-29-2)19-10-9-17(25(27)28)15-20(19)31-22/h6-10,14-15H,3-5,11-13H2,1-2H3. The number of carbonyl (C=O) groups is 1. The zero-order valence-electron chi connectivity index (χ0n) is 17.6. The van der Waals surface area contributed by atoms with E-state index in [-0.39, 0.29) is 5.69 Å². The van der Waals surface area contributed by atoms with E-state index in [9.17, 15) is 14.9 Å². The first-order valence-corrected chi connectivity index (χ1v) is 10.9. The second-order valence-electron chi connectivity index (χ2n) is 6.94. The van der Waals surface area contributed by atoms with E-state index in [1.165, 1.54) is 23.5 Å². The Hall–Kier alpha value is -3.04. The maximum atomic E-state index is 12.9. The number of hydrogen-bond acceptors (Lipinski definition) is 6. The number of ether oxygens (including phenoxy) is 2. The lowest BCUT2D eigenvalue weighted by molar-refractivity contribution is -0.384. The van der Waals surface area contributed by atoms with E-state index in [0.717, 1.165) is 24.8 Å². The normalized spacial score (nSPS) is 11.7. The van der Waals surface area contributed by atoms with Gasteiger partial charge in [0.25, 0.3) is 11.6 Å². The molecule has 0 unspecified atom stereocenters. The molecule has 0 aliphatic rings. The van der Waals surface area contributed by atoms with E-state index >= 15 is 0 Å². The molecule has 0 saturated heterocycles. The van der Waals surface area contributed by atoms with E-state index in [1.54, 1.807) is 31.4 Å². The Morgan fingerprint density at radius 1 is 1.19 bits per heavy atom. The summed E-state index contributed by atoms with van der Waals surface area (Å²) in [5.41, 5.74) is 1.19. The van der Waals surface area contributed by atoms with Gasteiger partial charge >= 0.3 is 0 Å². The summed E-state index contributed by atoms with van der Waals surface area (Å²) < 4.78 is 13.4. The molecule has 1 amide bonds. The maximum Gasteiger partial charge on any atom is 0.279 e. The van der Waals surface area contributed by atoms with Crippen molar-refractivity contribution in [2.24, 2.45) is 4.99 Å². The van der Waals surface area contributed by atoms with E-state index < -0.39 is 10.8 Å². The summed E-state index contributed by atoms with van der Waals surface area (Å²) in [6.07, 6.45) is 3.17. The number of carbonyl (C=O) groups excluding carboxylic acids is 1. The maximum absolute atomic E-state index is 12.9. The van der Waals surface area contributed by atoms with Crippen LogP contribution in [0.15, 0.2) is 47.5 Å². The van der Waals surface area contributed by atoms with Crippen LogP contribution in [0.2, 0.25) is 0 Å². The average Bonchev–Trinajstić information content (AvgIpc) is 3.11. The largest absolute Gasteiger partial charge is 0.494 e. The monoisotopic (exact) mass is 443 g/mol. The number of amides is 1. The van der Waals surface area contributed by atoms with Crippen LogP contribution in [0.5, 0.6) is 5.75 Å². The van der Waals surface area contributed by atoms with E-state index in [1.807, 2.05) is 10.6 Å². The van der Waals surface area contributed by atoms with Gasteiger partial charge in [0.05, 0.1) is 28.4 Å². The third-order valence-corrected chi connectivity index (χ3v) is 5.73. The Labute approximate surface area is 183 Å². The Bertz CT molecular complexity index is 1140. The molecule has 0 atom stereocenters. The number of non-ortho nitro benzene ring substituents is 1. The van der Waals surface area contributed by atoms with E-state index in [0.29, 0.717) is 40.6 Å². The number of benzene rings is 2. The number of methoxy groups -OCH3 is 1. The van der Waals surface area contributed by atoms with E-state index in [4.69, 9.17) is 9.47 Å². The number of hydrogen-bond donors (Lipinski definition) is 0. The van der Waals surface area contributed by atoms with Crippen LogP contribution in [0.1, 0.15) is 36.5 Å². The molecule has 0 saturated carbocycles. The highest BCUT2D eigenvalue weighted by atomic mass is 32.1. The summed E-state index contributed by atoms with van der Waals surface area (Å²) in [5, 5.41) is 11.1. The number of nitro benzene ring substituents is 1. The zero-order chi connectivity index (χ0) is 22.2. The molecule has 1 heterocycles. The number of nitrogens with zero attached hydrogens (tertiary/aromatic N) is 3. The third-order valence-electron chi connectivity index (χ3n) is 4.69. The fraction of sp³-hybridized carbons (Fsp3) is 0.364. The van der Waals surface area contributed by atoms with Crippen molar-refractivity contribution in [3.05, 3.63) is 62.9 Å². The van der Waals surface area contributed by atoms with Crippen LogP contribution in [0.25, 0.3) is 10.2 Å². The molecule has 0 spiro atoms. The highest BCUT2D eigenvalue weighted by Gasteiger charge is 2.13. The number of unbranched alkanes of at least 4 members (excludes halogenated alkanes) is 2. The number of rotatable bonds is 10. The molecular weight excluding hydrogens is 418 g/mol. The molecule has 31 heavy (non-hydrogen) atoms. The number of fused-ring (bicyclic) bond motifs is 1. The highest BCUT2D eigenvalue weighted by molar-refractivity contribution is 7.16. The molecule has 1 aromatic heterocycles. The molecule has 3 aromatic rings. The van der Waals surface area contributed by atoms with Crippen molar-refractivity contribution >= 4 is 33.1 Å². The fourth-order valence-corrected chi connectivity index (χ4v) is 4.16. The van der Waals surface area contributed by atoms with Crippen LogP contribution < -0.4 is 9.54 Å². The van der Waals surface area contributed by atoms with Crippen molar-refractivity contribution in [3.8, 4) is 5.75 Å². The number of aromatic nitrogens is 1. The SMILES string of the molecule is CCCCCOc1cccc(C(=O)N=c2sc3cc([N+](=O)[O-])ccc3n2CCOC)c1. The lowest BCUT2D eigenvalue weighted by atomic mass is 10.2. The van der Waals surface area contributed by atoms with Crippen molar-refractivity contribution in [3.63, 3.8) is 0 Å². The molecule has 0 aliphatic carbocycles. The van der Waals surface area contributed by atoms with Gasteiger partial charge in [0.15, 0.2) is 4.80 Å². The van der Waals surface area contributed by atoms with Gasteiger partial charge in [-0.2, -0.15) is 4.99 Å². The summed E-state index contributed by atoms with van der Waals surface area (Å²) in [6, 6.07) is 11.6. The van der Waals surface area contributed by atoms with Gasteiger partial charge in [-0.1, -0.05) is 37.2 Å². The predicted molar refractivity (Wildman–Crippen MR) is 120 cm³/mol.